The van der Waals surface area contributed by atoms with Gasteiger partial charge in [0.05, 0.1) is 11.0 Å². The molecule has 0 bridgehead atoms. The molecule has 2 aliphatic heterocycles. The fraction of sp³-hybridized carbons (Fsp3) is 0.391. The average Bonchev–Trinajstić information content (AvgIpc) is 2.96. The normalized spacial score (nSPS) is 17.8. The summed E-state index contributed by atoms with van der Waals surface area (Å²) in [6, 6.07) is 12.7. The highest BCUT2D eigenvalue weighted by Crippen LogP contribution is 2.47. The number of halogens is 3. The van der Waals surface area contributed by atoms with Crippen LogP contribution in [-0.4, -0.2) is 48.9 Å². The molecule has 8 heteroatoms. The zero-order valence-electron chi connectivity index (χ0n) is 17.4. The summed E-state index contributed by atoms with van der Waals surface area (Å²) < 4.78 is 39.8. The van der Waals surface area contributed by atoms with Gasteiger partial charge < -0.3 is 14.7 Å². The van der Waals surface area contributed by atoms with E-state index in [4.69, 9.17) is 0 Å². The third kappa shape index (κ3) is 3.54. The predicted molar refractivity (Wildman–Crippen MR) is 111 cm³/mol. The lowest BCUT2D eigenvalue weighted by Crippen LogP contribution is -2.52. The summed E-state index contributed by atoms with van der Waals surface area (Å²) in [5.74, 6) is 0.0354. The van der Waals surface area contributed by atoms with E-state index in [1.807, 2.05) is 24.3 Å². The number of likely N-dealkylation sites (tertiary alicyclic amines) is 1. The molecule has 0 N–H and O–H groups in total. The van der Waals surface area contributed by atoms with E-state index in [-0.39, 0.29) is 24.0 Å². The number of amides is 3. The number of para-hydroxylation sites is 1. The van der Waals surface area contributed by atoms with Crippen molar-refractivity contribution in [2.24, 2.45) is 0 Å². The zero-order valence-corrected chi connectivity index (χ0v) is 17.4. The Kier molecular flexibility index (Phi) is 5.19. The van der Waals surface area contributed by atoms with Gasteiger partial charge in [-0.25, -0.2) is 4.79 Å². The first kappa shape index (κ1) is 21.2. The number of urea groups is 1. The summed E-state index contributed by atoms with van der Waals surface area (Å²) in [4.78, 5) is 30.6. The maximum absolute atomic E-state index is 13.3. The van der Waals surface area contributed by atoms with Gasteiger partial charge in [-0.2, -0.15) is 13.2 Å². The molecule has 2 heterocycles. The first-order chi connectivity index (χ1) is 14.6. The number of carbonyl (C=O) groups excluding carboxylic acids is 2. The van der Waals surface area contributed by atoms with Crippen LogP contribution in [0.5, 0.6) is 0 Å². The Morgan fingerprint density at radius 1 is 1.06 bits per heavy atom. The lowest BCUT2D eigenvalue weighted by atomic mass is 9.73. The summed E-state index contributed by atoms with van der Waals surface area (Å²) in [5, 5.41) is 0. The number of rotatable bonds is 2. The van der Waals surface area contributed by atoms with Crippen LogP contribution in [-0.2, 0) is 22.9 Å². The second kappa shape index (κ2) is 7.59. The number of piperidine rings is 1. The molecular weight excluding hydrogens is 407 g/mol. The van der Waals surface area contributed by atoms with E-state index in [0.717, 1.165) is 17.3 Å². The number of carbonyl (C=O) groups is 2. The van der Waals surface area contributed by atoms with E-state index >= 15 is 0 Å². The first-order valence-corrected chi connectivity index (χ1v) is 10.2. The van der Waals surface area contributed by atoms with Crippen LogP contribution in [0.25, 0.3) is 0 Å². The van der Waals surface area contributed by atoms with Gasteiger partial charge in [0.15, 0.2) is 0 Å². The van der Waals surface area contributed by atoms with Gasteiger partial charge >= 0.3 is 12.2 Å². The minimum Gasteiger partial charge on any atom is -0.325 e. The van der Waals surface area contributed by atoms with E-state index < -0.39 is 17.2 Å². The van der Waals surface area contributed by atoms with Crippen LogP contribution < -0.4 is 4.90 Å². The number of nitrogens with zero attached hydrogens (tertiary/aromatic N) is 3. The number of hydrogen-bond donors (Lipinski definition) is 0. The van der Waals surface area contributed by atoms with Crippen LogP contribution in [0.4, 0.5) is 23.7 Å². The predicted octanol–water partition coefficient (Wildman–Crippen LogP) is 4.27. The molecular formula is C23H24F3N3O2. The SMILES string of the molecule is CN(Cc1ccccc1C(F)(F)F)C(=O)N1CCC2(CC1)C(=O)N(C)c1ccccc12. The smallest absolute Gasteiger partial charge is 0.325 e. The topological polar surface area (TPSA) is 43.9 Å². The molecule has 5 nitrogen and oxygen atoms in total. The van der Waals surface area contributed by atoms with Crippen molar-refractivity contribution in [1.29, 1.82) is 0 Å². The summed E-state index contributed by atoms with van der Waals surface area (Å²) in [7, 11) is 3.27. The molecule has 0 radical (unpaired) electrons. The second-order valence-corrected chi connectivity index (χ2v) is 8.24. The Balaban J connectivity index is 1.47. The number of fused-ring (bicyclic) bond motifs is 2. The number of anilines is 1. The molecule has 1 saturated heterocycles. The van der Waals surface area contributed by atoms with E-state index in [1.165, 1.54) is 30.1 Å². The number of benzene rings is 2. The quantitative estimate of drug-likeness (QED) is 0.713. The summed E-state index contributed by atoms with van der Waals surface area (Å²) in [6.45, 7) is 0.608. The van der Waals surface area contributed by atoms with E-state index in [2.05, 4.69) is 0 Å². The summed E-state index contributed by atoms with van der Waals surface area (Å²) in [6.07, 6.45) is -3.49. The maximum atomic E-state index is 13.3. The van der Waals surface area contributed by atoms with Crippen LogP contribution >= 0.6 is 0 Å². The van der Waals surface area contributed by atoms with Gasteiger partial charge in [0.25, 0.3) is 0 Å². The fourth-order valence-electron chi connectivity index (χ4n) is 4.78. The molecule has 0 aliphatic carbocycles. The van der Waals surface area contributed by atoms with Gasteiger partial charge in [0.2, 0.25) is 5.91 Å². The van der Waals surface area contributed by atoms with E-state index in [9.17, 15) is 22.8 Å². The van der Waals surface area contributed by atoms with Crippen LogP contribution in [0, 0.1) is 0 Å². The molecule has 31 heavy (non-hydrogen) atoms. The summed E-state index contributed by atoms with van der Waals surface area (Å²) >= 11 is 0. The molecule has 164 valence electrons. The van der Waals surface area contributed by atoms with Crippen molar-refractivity contribution in [1.82, 2.24) is 9.80 Å². The van der Waals surface area contributed by atoms with Crippen LogP contribution in [0.2, 0.25) is 0 Å². The van der Waals surface area contributed by atoms with Crippen molar-refractivity contribution in [3.05, 3.63) is 65.2 Å². The molecule has 1 fully saturated rings. The minimum absolute atomic E-state index is 0.0354. The van der Waals surface area contributed by atoms with Gasteiger partial charge in [-0.05, 0) is 36.1 Å². The maximum Gasteiger partial charge on any atom is 0.416 e. The largest absolute Gasteiger partial charge is 0.416 e. The van der Waals surface area contributed by atoms with Gasteiger partial charge in [-0.1, -0.05) is 36.4 Å². The minimum atomic E-state index is -4.47. The highest BCUT2D eigenvalue weighted by atomic mass is 19.4. The molecule has 3 amide bonds. The fourth-order valence-corrected chi connectivity index (χ4v) is 4.78. The highest BCUT2D eigenvalue weighted by Gasteiger charge is 2.51. The van der Waals surface area contributed by atoms with Crippen LogP contribution in [0.15, 0.2) is 48.5 Å². The monoisotopic (exact) mass is 431 g/mol. The Labute approximate surface area is 179 Å². The Hall–Kier alpha value is -3.03. The standard InChI is InChI=1S/C23H24F3N3O2/c1-27(15-16-7-3-4-8-17(16)23(24,25)26)21(31)29-13-11-22(12-14-29)18-9-5-6-10-19(18)28(2)20(22)30/h3-10H,11-15H2,1-2H3. The molecule has 4 rings (SSSR count). The van der Waals surface area contributed by atoms with Crippen LogP contribution in [0.3, 0.4) is 0 Å². The Morgan fingerprint density at radius 3 is 2.35 bits per heavy atom. The van der Waals surface area contributed by atoms with Crippen molar-refractivity contribution >= 4 is 17.6 Å². The van der Waals surface area contributed by atoms with Crippen molar-refractivity contribution in [2.75, 3.05) is 32.1 Å². The van der Waals surface area contributed by atoms with Gasteiger partial charge in [0, 0.05) is 39.4 Å². The number of likely N-dealkylation sites (N-methyl/N-ethyl adjacent to an activating group) is 1. The van der Waals surface area contributed by atoms with Gasteiger partial charge in [-0.3, -0.25) is 4.79 Å². The molecule has 1 spiro atoms. The number of hydrogen-bond acceptors (Lipinski definition) is 2. The van der Waals surface area contributed by atoms with Crippen molar-refractivity contribution in [3.63, 3.8) is 0 Å². The Bertz CT molecular complexity index is 1010. The zero-order chi connectivity index (χ0) is 22.4. The third-order valence-electron chi connectivity index (χ3n) is 6.44. The van der Waals surface area contributed by atoms with Gasteiger partial charge in [-0.15, -0.1) is 0 Å². The first-order valence-electron chi connectivity index (χ1n) is 10.2. The molecule has 0 saturated carbocycles. The van der Waals surface area contributed by atoms with E-state index in [1.54, 1.807) is 16.8 Å². The molecule has 2 aromatic carbocycles. The molecule has 0 unspecified atom stereocenters. The average molecular weight is 431 g/mol. The molecule has 2 aliphatic rings. The lowest BCUT2D eigenvalue weighted by molar-refractivity contribution is -0.138. The molecule has 0 atom stereocenters. The lowest BCUT2D eigenvalue weighted by Gasteiger charge is -2.39. The second-order valence-electron chi connectivity index (χ2n) is 8.24. The van der Waals surface area contributed by atoms with Crippen molar-refractivity contribution in [3.8, 4) is 0 Å². The number of alkyl halides is 3. The third-order valence-corrected chi connectivity index (χ3v) is 6.44. The van der Waals surface area contributed by atoms with Crippen LogP contribution in [0.1, 0.15) is 29.5 Å². The molecule has 0 aromatic heterocycles. The van der Waals surface area contributed by atoms with E-state index in [0.29, 0.717) is 25.9 Å². The summed E-state index contributed by atoms with van der Waals surface area (Å²) in [5.41, 5.74) is 0.573. The molecule has 2 aromatic rings. The van der Waals surface area contributed by atoms with Crippen molar-refractivity contribution < 1.29 is 22.8 Å². The highest BCUT2D eigenvalue weighted by molar-refractivity contribution is 6.07. The van der Waals surface area contributed by atoms with Gasteiger partial charge in [0.1, 0.15) is 0 Å². The Morgan fingerprint density at radius 2 is 1.68 bits per heavy atom. The van der Waals surface area contributed by atoms with Crippen molar-refractivity contribution in [2.45, 2.75) is 31.0 Å².